The SMILES string of the molecule is COc1ccccc1CNC(=O)[C@H]1CC(=O)N(c2ccc(Cl)cc2)C1. The highest BCUT2D eigenvalue weighted by molar-refractivity contribution is 6.30. The molecule has 0 unspecified atom stereocenters. The molecule has 2 amide bonds. The summed E-state index contributed by atoms with van der Waals surface area (Å²) < 4.78 is 5.28. The molecule has 1 aliphatic heterocycles. The Kier molecular flexibility index (Phi) is 5.24. The Morgan fingerprint density at radius 3 is 2.68 bits per heavy atom. The Hall–Kier alpha value is -2.53. The normalized spacial score (nSPS) is 16.8. The number of carbonyl (C=O) groups excluding carboxylic acids is 2. The summed E-state index contributed by atoms with van der Waals surface area (Å²) in [5.41, 5.74) is 1.66. The molecule has 1 fully saturated rings. The van der Waals surface area contributed by atoms with Crippen molar-refractivity contribution in [2.24, 2.45) is 5.92 Å². The van der Waals surface area contributed by atoms with Crippen molar-refractivity contribution >= 4 is 29.1 Å². The summed E-state index contributed by atoms with van der Waals surface area (Å²) in [5, 5.41) is 3.51. The van der Waals surface area contributed by atoms with Gasteiger partial charge in [-0.15, -0.1) is 0 Å². The maximum Gasteiger partial charge on any atom is 0.227 e. The zero-order valence-corrected chi connectivity index (χ0v) is 14.6. The van der Waals surface area contributed by atoms with Gasteiger partial charge in [0.05, 0.1) is 13.0 Å². The molecule has 5 nitrogen and oxygen atoms in total. The molecule has 2 aromatic rings. The van der Waals surface area contributed by atoms with Crippen LogP contribution >= 0.6 is 11.6 Å². The van der Waals surface area contributed by atoms with E-state index in [0.717, 1.165) is 17.0 Å². The number of carbonyl (C=O) groups is 2. The summed E-state index contributed by atoms with van der Waals surface area (Å²) in [6, 6.07) is 14.6. The van der Waals surface area contributed by atoms with Gasteiger partial charge in [0.2, 0.25) is 11.8 Å². The number of rotatable bonds is 5. The lowest BCUT2D eigenvalue weighted by atomic mass is 10.1. The van der Waals surface area contributed by atoms with E-state index in [4.69, 9.17) is 16.3 Å². The van der Waals surface area contributed by atoms with Crippen molar-refractivity contribution in [2.45, 2.75) is 13.0 Å². The number of benzene rings is 2. The van der Waals surface area contributed by atoms with Crippen LogP contribution in [0, 0.1) is 5.92 Å². The maximum absolute atomic E-state index is 12.4. The molecule has 2 aromatic carbocycles. The average molecular weight is 359 g/mol. The first-order valence-electron chi connectivity index (χ1n) is 8.04. The summed E-state index contributed by atoms with van der Waals surface area (Å²) in [5.74, 6) is 0.182. The van der Waals surface area contributed by atoms with E-state index in [9.17, 15) is 9.59 Å². The zero-order chi connectivity index (χ0) is 17.8. The molecule has 6 heteroatoms. The van der Waals surface area contributed by atoms with Gasteiger partial charge in [0.1, 0.15) is 5.75 Å². The Bertz CT molecular complexity index is 776. The van der Waals surface area contributed by atoms with Crippen LogP contribution in [0.1, 0.15) is 12.0 Å². The third-order valence-corrected chi connectivity index (χ3v) is 4.53. The summed E-state index contributed by atoms with van der Waals surface area (Å²) >= 11 is 5.88. The highest BCUT2D eigenvalue weighted by atomic mass is 35.5. The number of halogens is 1. The molecule has 0 radical (unpaired) electrons. The quantitative estimate of drug-likeness (QED) is 0.893. The summed E-state index contributed by atoms with van der Waals surface area (Å²) in [6.07, 6.45) is 0.209. The number of hydrogen-bond acceptors (Lipinski definition) is 3. The van der Waals surface area contributed by atoms with Crippen molar-refractivity contribution in [1.82, 2.24) is 5.32 Å². The molecule has 0 spiro atoms. The predicted molar refractivity (Wildman–Crippen MR) is 96.8 cm³/mol. The van der Waals surface area contributed by atoms with E-state index in [1.165, 1.54) is 0 Å². The number of para-hydroxylation sites is 1. The topological polar surface area (TPSA) is 58.6 Å². The smallest absolute Gasteiger partial charge is 0.227 e. The molecule has 1 aliphatic rings. The number of amides is 2. The lowest BCUT2D eigenvalue weighted by molar-refractivity contribution is -0.126. The van der Waals surface area contributed by atoms with E-state index in [1.54, 1.807) is 36.3 Å². The molecule has 0 saturated carbocycles. The van der Waals surface area contributed by atoms with Crippen LogP contribution in [0.2, 0.25) is 5.02 Å². The number of hydrogen-bond donors (Lipinski definition) is 1. The van der Waals surface area contributed by atoms with Crippen LogP contribution in [0.4, 0.5) is 5.69 Å². The molecule has 1 heterocycles. The first-order chi connectivity index (χ1) is 12.1. The molecule has 1 atom stereocenters. The fraction of sp³-hybridized carbons (Fsp3) is 0.263. The maximum atomic E-state index is 12.4. The lowest BCUT2D eigenvalue weighted by Crippen LogP contribution is -2.32. The molecule has 0 bridgehead atoms. The predicted octanol–water partition coefficient (Wildman–Crippen LogP) is 3.02. The monoisotopic (exact) mass is 358 g/mol. The minimum absolute atomic E-state index is 0.0558. The molecule has 3 rings (SSSR count). The fourth-order valence-electron chi connectivity index (χ4n) is 2.93. The van der Waals surface area contributed by atoms with Crippen molar-refractivity contribution in [3.63, 3.8) is 0 Å². The zero-order valence-electron chi connectivity index (χ0n) is 13.9. The van der Waals surface area contributed by atoms with Gasteiger partial charge in [-0.2, -0.15) is 0 Å². The summed E-state index contributed by atoms with van der Waals surface area (Å²) in [7, 11) is 1.60. The second-order valence-electron chi connectivity index (χ2n) is 5.91. The van der Waals surface area contributed by atoms with Crippen molar-refractivity contribution in [1.29, 1.82) is 0 Å². The average Bonchev–Trinajstić information content (AvgIpc) is 3.02. The van der Waals surface area contributed by atoms with E-state index >= 15 is 0 Å². The third kappa shape index (κ3) is 3.94. The summed E-state index contributed by atoms with van der Waals surface area (Å²) in [4.78, 5) is 26.3. The number of methoxy groups -OCH3 is 1. The second-order valence-corrected chi connectivity index (χ2v) is 6.35. The van der Waals surface area contributed by atoms with E-state index in [0.29, 0.717) is 18.1 Å². The Balaban J connectivity index is 1.62. The van der Waals surface area contributed by atoms with Gasteiger partial charge < -0.3 is 15.0 Å². The summed E-state index contributed by atoms with van der Waals surface area (Å²) in [6.45, 7) is 0.743. The van der Waals surface area contributed by atoms with Gasteiger partial charge in [-0.3, -0.25) is 9.59 Å². The van der Waals surface area contributed by atoms with Crippen LogP contribution in [0.15, 0.2) is 48.5 Å². The van der Waals surface area contributed by atoms with Gasteiger partial charge in [-0.05, 0) is 30.3 Å². The standard InChI is InChI=1S/C19H19ClN2O3/c1-25-17-5-3-2-4-13(17)11-21-19(24)14-10-18(23)22(12-14)16-8-6-15(20)7-9-16/h2-9,14H,10-12H2,1H3,(H,21,24)/t14-/m0/s1. The van der Waals surface area contributed by atoms with Crippen LogP contribution < -0.4 is 15.0 Å². The van der Waals surface area contributed by atoms with Gasteiger partial charge in [0.25, 0.3) is 0 Å². The number of anilines is 1. The highest BCUT2D eigenvalue weighted by Crippen LogP contribution is 2.26. The molecular weight excluding hydrogens is 340 g/mol. The van der Waals surface area contributed by atoms with E-state index in [-0.39, 0.29) is 24.2 Å². The van der Waals surface area contributed by atoms with Crippen molar-refractivity contribution in [2.75, 3.05) is 18.6 Å². The van der Waals surface area contributed by atoms with Gasteiger partial charge in [-0.25, -0.2) is 0 Å². The first kappa shape index (κ1) is 17.3. The van der Waals surface area contributed by atoms with Crippen LogP contribution in [0.3, 0.4) is 0 Å². The van der Waals surface area contributed by atoms with Crippen LogP contribution in [-0.4, -0.2) is 25.5 Å². The fourth-order valence-corrected chi connectivity index (χ4v) is 3.06. The Labute approximate surface area is 151 Å². The molecular formula is C19H19ClN2O3. The molecule has 0 aliphatic carbocycles. The second kappa shape index (κ2) is 7.57. The van der Waals surface area contributed by atoms with Gasteiger partial charge in [0.15, 0.2) is 0 Å². The van der Waals surface area contributed by atoms with Crippen molar-refractivity contribution < 1.29 is 14.3 Å². The molecule has 25 heavy (non-hydrogen) atoms. The molecule has 1 N–H and O–H groups in total. The molecule has 0 aromatic heterocycles. The van der Waals surface area contributed by atoms with Gasteiger partial charge >= 0.3 is 0 Å². The largest absolute Gasteiger partial charge is 0.496 e. The minimum Gasteiger partial charge on any atom is -0.496 e. The Morgan fingerprint density at radius 2 is 1.96 bits per heavy atom. The van der Waals surface area contributed by atoms with Crippen LogP contribution in [0.25, 0.3) is 0 Å². The van der Waals surface area contributed by atoms with Crippen molar-refractivity contribution in [3.05, 3.63) is 59.1 Å². The van der Waals surface area contributed by atoms with E-state index < -0.39 is 0 Å². The first-order valence-corrected chi connectivity index (χ1v) is 8.42. The number of ether oxygens (including phenoxy) is 1. The molecule has 130 valence electrons. The van der Waals surface area contributed by atoms with Gasteiger partial charge in [0, 0.05) is 35.8 Å². The number of nitrogens with zero attached hydrogens (tertiary/aromatic N) is 1. The Morgan fingerprint density at radius 1 is 1.24 bits per heavy atom. The van der Waals surface area contributed by atoms with E-state index in [1.807, 2.05) is 24.3 Å². The van der Waals surface area contributed by atoms with Crippen LogP contribution in [0.5, 0.6) is 5.75 Å². The van der Waals surface area contributed by atoms with Crippen molar-refractivity contribution in [3.8, 4) is 5.75 Å². The lowest BCUT2D eigenvalue weighted by Gasteiger charge is -2.17. The van der Waals surface area contributed by atoms with E-state index in [2.05, 4.69) is 5.32 Å². The van der Waals surface area contributed by atoms with Crippen LogP contribution in [-0.2, 0) is 16.1 Å². The highest BCUT2D eigenvalue weighted by Gasteiger charge is 2.35. The van der Waals surface area contributed by atoms with Gasteiger partial charge in [-0.1, -0.05) is 29.8 Å². The number of nitrogens with one attached hydrogen (secondary N) is 1. The minimum atomic E-state index is -0.363. The third-order valence-electron chi connectivity index (χ3n) is 4.28. The molecule has 1 saturated heterocycles.